The number of unbranched alkanes of at least 4 members (excludes halogenated alkanes) is 1. The summed E-state index contributed by atoms with van der Waals surface area (Å²) in [5, 5.41) is 49.3. The first-order valence-electron chi connectivity index (χ1n) is 17.5. The van der Waals surface area contributed by atoms with E-state index in [0.29, 0.717) is 29.3 Å². The molecule has 0 saturated carbocycles. The molecule has 22 nitrogen and oxygen atoms in total. The molecule has 0 radical (unpaired) electrons. The van der Waals surface area contributed by atoms with Crippen LogP contribution in [0.1, 0.15) is 50.5 Å². The number of nitrogens with one attached hydrogen (secondary N) is 3. The Morgan fingerprint density at radius 3 is 2.61 bits per heavy atom. The van der Waals surface area contributed by atoms with Crippen LogP contribution in [0.15, 0.2) is 71.4 Å². The zero-order chi connectivity index (χ0) is 43.7. The van der Waals surface area contributed by atoms with Crippen LogP contribution in [0.5, 0.6) is 5.75 Å². The van der Waals surface area contributed by atoms with Gasteiger partial charge in [-0.05, 0) is 25.8 Å². The standard InChI is InChI=1S/C34H41ClN10O12S2/c1-4-5-6-22(36)59-27(35)15(2)24(42-57-16(3)33(52)53)30(50)41-25-31(51)45-26(34(54)55)17(13-58-32(25)45)10-43-11-18(28(37)39-14-43)40-23(48)7-8-38-29(49)19-9-20(46)21(47)12-44(19)56/h6,9,11-12,16,25,32,47,56H,4-5,7-8,10,13-14,36H2,1-3H3,(H2,37,39)(H,38,49)(H,40,48)(H,41,50)(H,52,53)(H,54,55)/b22-6+,27-15+,42-24-/t16-,25+,32?/m0/s1. The Bertz CT molecular complexity index is 2170. The number of nitrogens with two attached hydrogens (primary N) is 2. The van der Waals surface area contributed by atoms with Gasteiger partial charge in [0, 0.05) is 43.1 Å². The number of thioether (sulfide) groups is 2. The number of aromatic hydroxyl groups is 1. The monoisotopic (exact) mass is 880 g/mol. The Balaban J connectivity index is 1.44. The molecule has 1 unspecified atom stereocenters. The highest BCUT2D eigenvalue weighted by Gasteiger charge is 2.54. The van der Waals surface area contributed by atoms with Crippen LogP contribution in [-0.4, -0.2) is 125 Å². The van der Waals surface area contributed by atoms with E-state index in [0.717, 1.165) is 23.1 Å². The third-order valence-corrected chi connectivity index (χ3v) is 11.2. The molecule has 1 aromatic rings. The van der Waals surface area contributed by atoms with Gasteiger partial charge in [0.25, 0.3) is 17.7 Å². The van der Waals surface area contributed by atoms with Crippen molar-refractivity contribution in [1.82, 2.24) is 30.5 Å². The minimum absolute atomic E-state index is 0.0301. The fraction of sp³-hybridized carbons (Fsp3) is 0.382. The van der Waals surface area contributed by atoms with Crippen molar-refractivity contribution < 1.29 is 54.1 Å². The number of nitrogens with zero attached hydrogens (tertiary/aromatic N) is 5. The quantitative estimate of drug-likeness (QED) is 0.0402. The molecule has 0 aliphatic carbocycles. The molecule has 3 aliphatic heterocycles. The molecule has 3 atom stereocenters. The highest BCUT2D eigenvalue weighted by atomic mass is 35.5. The molecule has 0 aromatic carbocycles. The van der Waals surface area contributed by atoms with E-state index in [4.69, 9.17) is 27.9 Å². The first kappa shape index (κ1) is 45.6. The molecular formula is C34H41ClN10O12S2. The number of aliphatic imine (C=N–C) groups is 1. The van der Waals surface area contributed by atoms with E-state index in [1.54, 1.807) is 11.0 Å². The van der Waals surface area contributed by atoms with Crippen molar-refractivity contribution in [1.29, 1.82) is 0 Å². The van der Waals surface area contributed by atoms with Crippen molar-refractivity contribution in [2.75, 3.05) is 25.5 Å². The number of carbonyl (C=O) groups is 6. The van der Waals surface area contributed by atoms with Crippen LogP contribution in [0, 0.1) is 0 Å². The number of halogens is 1. The van der Waals surface area contributed by atoms with Gasteiger partial charge in [0.05, 0.1) is 21.3 Å². The van der Waals surface area contributed by atoms with Crippen molar-refractivity contribution in [3.8, 4) is 5.75 Å². The number of aromatic nitrogens is 1. The lowest BCUT2D eigenvalue weighted by molar-refractivity contribution is -0.150. The van der Waals surface area contributed by atoms with E-state index in [1.807, 2.05) is 6.92 Å². The average Bonchev–Trinajstić information content (AvgIpc) is 3.18. The van der Waals surface area contributed by atoms with Gasteiger partial charge in [0.1, 0.15) is 35.3 Å². The molecule has 1 fully saturated rings. The number of fused-ring (bicyclic) bond motifs is 1. The number of carboxylic acids is 2. The summed E-state index contributed by atoms with van der Waals surface area (Å²) in [4.78, 5) is 99.5. The molecule has 1 aromatic heterocycles. The molecule has 59 heavy (non-hydrogen) atoms. The summed E-state index contributed by atoms with van der Waals surface area (Å²) < 4.78 is 0.288. The highest BCUT2D eigenvalue weighted by Crippen LogP contribution is 2.41. The second-order valence-electron chi connectivity index (χ2n) is 12.8. The molecule has 4 rings (SSSR count). The van der Waals surface area contributed by atoms with E-state index < -0.39 is 75.7 Å². The maximum atomic E-state index is 13.6. The molecule has 11 N–H and O–H groups in total. The van der Waals surface area contributed by atoms with Crippen LogP contribution in [0.3, 0.4) is 0 Å². The lowest BCUT2D eigenvalue weighted by Gasteiger charge is -2.49. The third kappa shape index (κ3) is 11.3. The Morgan fingerprint density at radius 1 is 1.24 bits per heavy atom. The third-order valence-electron chi connectivity index (χ3n) is 8.45. The number of allylic oxidation sites excluding steroid dienone is 1. The van der Waals surface area contributed by atoms with Crippen LogP contribution < -0.4 is 32.8 Å². The van der Waals surface area contributed by atoms with Crippen LogP contribution in [0.4, 0.5) is 0 Å². The van der Waals surface area contributed by atoms with Gasteiger partial charge in [-0.15, -0.1) is 11.8 Å². The van der Waals surface area contributed by atoms with Gasteiger partial charge in [0.15, 0.2) is 11.5 Å². The Hall–Kier alpha value is -6.14. The van der Waals surface area contributed by atoms with Gasteiger partial charge >= 0.3 is 11.9 Å². The smallest absolute Gasteiger partial charge is 0.352 e. The normalized spacial score (nSPS) is 19.0. The number of β-lactam (4-membered cyclic amide) rings is 1. The van der Waals surface area contributed by atoms with Crippen molar-refractivity contribution in [2.24, 2.45) is 21.6 Å². The lowest BCUT2D eigenvalue weighted by Crippen LogP contribution is -2.71. The number of carboxylic acid groups (broad SMARTS) is 2. The maximum absolute atomic E-state index is 13.6. The molecule has 1 saturated heterocycles. The molecule has 25 heteroatoms. The SMILES string of the molecule is CCC/C=C(\N)S/C(Cl)=C(C)/C(=N/O[C@@H](C)C(=O)O)C(=O)N[C@@H]1C(=O)N2C(C(=O)O)=C(CN3C=C(NC(=O)CCNC(=O)c4cc(=O)c(O)cn4O)C(N)=NC3)CSC12. The highest BCUT2D eigenvalue weighted by molar-refractivity contribution is 8.08. The van der Waals surface area contributed by atoms with Gasteiger partial charge < -0.3 is 57.7 Å². The topological polar surface area (TPSA) is 334 Å². The predicted octanol–water partition coefficient (Wildman–Crippen LogP) is -0.113. The molecular weight excluding hydrogens is 840 g/mol. The Labute approximate surface area is 348 Å². The number of carbonyl (C=O) groups excluding carboxylic acids is 4. The number of aliphatic carboxylic acids is 2. The lowest BCUT2D eigenvalue weighted by atomic mass is 10.0. The van der Waals surface area contributed by atoms with Gasteiger partial charge in [-0.1, -0.05) is 47.9 Å². The van der Waals surface area contributed by atoms with E-state index in [9.17, 15) is 54.1 Å². The molecule has 0 spiro atoms. The average molecular weight is 881 g/mol. The number of oxime groups is 1. The minimum atomic E-state index is -1.45. The van der Waals surface area contributed by atoms with Crippen molar-refractivity contribution in [3.05, 3.63) is 72.4 Å². The van der Waals surface area contributed by atoms with Crippen LogP contribution in [0.25, 0.3) is 0 Å². The predicted molar refractivity (Wildman–Crippen MR) is 215 cm³/mol. The summed E-state index contributed by atoms with van der Waals surface area (Å²) in [6.07, 6.45) is 3.58. The number of amidine groups is 1. The van der Waals surface area contributed by atoms with Gasteiger partial charge in [-0.25, -0.2) is 14.6 Å². The molecule has 3 aliphatic rings. The maximum Gasteiger partial charge on any atom is 0.352 e. The van der Waals surface area contributed by atoms with Gasteiger partial charge in [0.2, 0.25) is 17.4 Å². The molecule has 4 amide bonds. The number of amides is 4. The zero-order valence-electron chi connectivity index (χ0n) is 31.6. The summed E-state index contributed by atoms with van der Waals surface area (Å²) in [7, 11) is 0. The fourth-order valence-electron chi connectivity index (χ4n) is 5.33. The number of rotatable bonds is 18. The summed E-state index contributed by atoms with van der Waals surface area (Å²) in [5.41, 5.74) is 10.3. The van der Waals surface area contributed by atoms with E-state index in [1.165, 1.54) is 31.8 Å². The van der Waals surface area contributed by atoms with E-state index >= 15 is 0 Å². The number of hydrogen-bond acceptors (Lipinski definition) is 17. The van der Waals surface area contributed by atoms with Crippen LogP contribution in [0.2, 0.25) is 0 Å². The van der Waals surface area contributed by atoms with Crippen LogP contribution in [-0.2, 0) is 28.8 Å². The van der Waals surface area contributed by atoms with Crippen molar-refractivity contribution >= 4 is 82.2 Å². The summed E-state index contributed by atoms with van der Waals surface area (Å²) >= 11 is 8.57. The van der Waals surface area contributed by atoms with E-state index in [2.05, 4.69) is 26.1 Å². The van der Waals surface area contributed by atoms with Gasteiger partial charge in [-0.3, -0.25) is 28.9 Å². The second-order valence-corrected chi connectivity index (χ2v) is 15.6. The summed E-state index contributed by atoms with van der Waals surface area (Å²) in [6.45, 7) is 4.25. The zero-order valence-corrected chi connectivity index (χ0v) is 34.0. The molecule has 4 heterocycles. The number of pyridine rings is 1. The molecule has 0 bridgehead atoms. The minimum Gasteiger partial charge on any atom is -0.503 e. The summed E-state index contributed by atoms with van der Waals surface area (Å²) in [6, 6.07) is -0.494. The largest absolute Gasteiger partial charge is 0.503 e. The van der Waals surface area contributed by atoms with E-state index in [-0.39, 0.29) is 63.8 Å². The molecule has 318 valence electrons. The fourth-order valence-corrected chi connectivity index (χ4v) is 7.68. The first-order valence-corrected chi connectivity index (χ1v) is 19.8. The Morgan fingerprint density at radius 2 is 1.95 bits per heavy atom. The summed E-state index contributed by atoms with van der Waals surface area (Å²) in [5.74, 6) is -6.69. The second kappa shape index (κ2) is 20.0. The number of hydrogen-bond donors (Lipinski definition) is 9. The Kier molecular flexibility index (Phi) is 15.5. The van der Waals surface area contributed by atoms with Crippen molar-refractivity contribution in [3.63, 3.8) is 0 Å². The first-order chi connectivity index (χ1) is 27.8. The van der Waals surface area contributed by atoms with Crippen molar-refractivity contribution in [2.45, 2.75) is 57.6 Å². The van der Waals surface area contributed by atoms with Gasteiger partial charge in [-0.2, -0.15) is 4.73 Å². The van der Waals surface area contributed by atoms with Crippen LogP contribution >= 0.6 is 35.1 Å².